The second-order valence-electron chi connectivity index (χ2n) is 6.47. The zero-order valence-corrected chi connectivity index (χ0v) is 16.8. The molecule has 4 rings (SSSR count). The maximum atomic E-state index is 12.3. The van der Waals surface area contributed by atoms with Crippen molar-refractivity contribution in [2.75, 3.05) is 5.32 Å². The minimum absolute atomic E-state index is 0.0722. The Bertz CT molecular complexity index is 1220. The van der Waals surface area contributed by atoms with Crippen LogP contribution in [0.5, 0.6) is 0 Å². The fraction of sp³-hybridized carbons (Fsp3) is 0. The number of nitrogens with one attached hydrogen (secondary N) is 1. The van der Waals surface area contributed by atoms with Crippen molar-refractivity contribution in [1.82, 2.24) is 4.98 Å². The highest BCUT2D eigenvalue weighted by Crippen LogP contribution is 2.27. The van der Waals surface area contributed by atoms with E-state index in [1.54, 1.807) is 42.6 Å². The predicted molar refractivity (Wildman–Crippen MR) is 121 cm³/mol. The molecule has 0 saturated heterocycles. The van der Waals surface area contributed by atoms with Crippen LogP contribution in [-0.2, 0) is 0 Å². The van der Waals surface area contributed by atoms with Gasteiger partial charge in [0.15, 0.2) is 5.78 Å². The molecule has 0 aliphatic heterocycles. The van der Waals surface area contributed by atoms with Gasteiger partial charge in [-0.1, -0.05) is 41.4 Å². The molecule has 0 bridgehead atoms. The van der Waals surface area contributed by atoms with E-state index in [0.717, 1.165) is 27.8 Å². The number of hydrogen-bond donors (Lipinski definition) is 1. The molecule has 0 spiro atoms. The van der Waals surface area contributed by atoms with Crippen molar-refractivity contribution >= 4 is 57.3 Å². The summed E-state index contributed by atoms with van der Waals surface area (Å²) in [7, 11) is 0. The molecular weight excluding hydrogens is 403 g/mol. The Balaban J connectivity index is 1.55. The number of carbonyl (C=O) groups is 1. The highest BCUT2D eigenvalue weighted by molar-refractivity contribution is 6.31. The number of fused-ring (bicyclic) bond motifs is 1. The van der Waals surface area contributed by atoms with E-state index in [0.29, 0.717) is 15.6 Å². The van der Waals surface area contributed by atoms with Gasteiger partial charge in [0, 0.05) is 38.6 Å². The summed E-state index contributed by atoms with van der Waals surface area (Å²) in [5, 5.41) is 5.66. The van der Waals surface area contributed by atoms with Gasteiger partial charge >= 0.3 is 0 Å². The second kappa shape index (κ2) is 8.48. The number of halogens is 2. The number of ketones is 1. The van der Waals surface area contributed by atoms with Crippen LogP contribution >= 0.6 is 23.2 Å². The second-order valence-corrected chi connectivity index (χ2v) is 7.35. The maximum absolute atomic E-state index is 12.3. The van der Waals surface area contributed by atoms with Crippen molar-refractivity contribution in [1.29, 1.82) is 0 Å². The van der Waals surface area contributed by atoms with Crippen LogP contribution in [0.3, 0.4) is 0 Å². The lowest BCUT2D eigenvalue weighted by atomic mass is 10.1. The average molecular weight is 419 g/mol. The molecule has 0 aliphatic rings. The molecule has 0 saturated carbocycles. The van der Waals surface area contributed by atoms with Crippen LogP contribution in [0.2, 0.25) is 10.0 Å². The van der Waals surface area contributed by atoms with E-state index in [9.17, 15) is 4.79 Å². The summed E-state index contributed by atoms with van der Waals surface area (Å²) in [5.41, 5.74) is 4.19. The third kappa shape index (κ3) is 4.65. The molecule has 1 N–H and O–H groups in total. The van der Waals surface area contributed by atoms with E-state index in [4.69, 9.17) is 23.2 Å². The van der Waals surface area contributed by atoms with Crippen LogP contribution in [0.25, 0.3) is 17.0 Å². The number of aromatic nitrogens is 1. The Kier molecular flexibility index (Phi) is 5.61. The van der Waals surface area contributed by atoms with Crippen LogP contribution < -0.4 is 5.32 Å². The standard InChI is InChI=1S/C24H16Cl2N2O/c25-18-7-5-17(6-8-18)24(29)11-4-16-2-1-3-20(14-16)28-22-12-13-27-23-15-19(26)9-10-21(22)23/h1-15H,(H,27,28). The summed E-state index contributed by atoms with van der Waals surface area (Å²) >= 11 is 11.9. The molecule has 1 aromatic heterocycles. The zero-order chi connectivity index (χ0) is 20.2. The van der Waals surface area contributed by atoms with Crippen molar-refractivity contribution in [3.63, 3.8) is 0 Å². The van der Waals surface area contributed by atoms with Gasteiger partial charge in [0.25, 0.3) is 0 Å². The number of nitrogens with zero attached hydrogens (tertiary/aromatic N) is 1. The summed E-state index contributed by atoms with van der Waals surface area (Å²) in [6.45, 7) is 0. The van der Waals surface area contributed by atoms with Crippen molar-refractivity contribution < 1.29 is 4.79 Å². The minimum Gasteiger partial charge on any atom is -0.355 e. The van der Waals surface area contributed by atoms with Gasteiger partial charge in [0.1, 0.15) is 0 Å². The van der Waals surface area contributed by atoms with Gasteiger partial charge in [-0.2, -0.15) is 0 Å². The van der Waals surface area contributed by atoms with E-state index in [2.05, 4.69) is 10.3 Å². The SMILES string of the molecule is O=C(C=Cc1cccc(Nc2ccnc3cc(Cl)ccc23)c1)c1ccc(Cl)cc1. The number of benzene rings is 3. The first-order chi connectivity index (χ1) is 14.1. The average Bonchev–Trinajstić information content (AvgIpc) is 2.73. The predicted octanol–water partition coefficient (Wildman–Crippen LogP) is 7.18. The normalized spacial score (nSPS) is 11.1. The zero-order valence-electron chi connectivity index (χ0n) is 15.3. The Labute approximate surface area is 178 Å². The first kappa shape index (κ1) is 19.2. The molecule has 1 heterocycles. The van der Waals surface area contributed by atoms with Crippen molar-refractivity contribution in [2.45, 2.75) is 0 Å². The van der Waals surface area contributed by atoms with E-state index in [1.807, 2.05) is 48.5 Å². The van der Waals surface area contributed by atoms with Gasteiger partial charge in [-0.15, -0.1) is 0 Å². The van der Waals surface area contributed by atoms with Crippen molar-refractivity contribution in [2.24, 2.45) is 0 Å². The van der Waals surface area contributed by atoms with E-state index in [-0.39, 0.29) is 5.78 Å². The summed E-state index contributed by atoms with van der Waals surface area (Å²) < 4.78 is 0. The summed E-state index contributed by atoms with van der Waals surface area (Å²) in [5.74, 6) is -0.0722. The minimum atomic E-state index is -0.0722. The number of hydrogen-bond acceptors (Lipinski definition) is 3. The van der Waals surface area contributed by atoms with Gasteiger partial charge in [0.2, 0.25) is 0 Å². The first-order valence-corrected chi connectivity index (χ1v) is 9.73. The number of rotatable bonds is 5. The number of allylic oxidation sites excluding steroid dienone is 1. The molecule has 0 unspecified atom stereocenters. The van der Waals surface area contributed by atoms with Gasteiger partial charge in [-0.25, -0.2) is 0 Å². The third-order valence-corrected chi connectivity index (χ3v) is 4.91. The molecular formula is C24H16Cl2N2O. The lowest BCUT2D eigenvalue weighted by Gasteiger charge is -2.10. The Morgan fingerprint density at radius 3 is 2.52 bits per heavy atom. The van der Waals surface area contributed by atoms with Crippen LogP contribution in [-0.4, -0.2) is 10.8 Å². The van der Waals surface area contributed by atoms with Crippen LogP contribution in [0.15, 0.2) is 85.1 Å². The largest absolute Gasteiger partial charge is 0.355 e. The summed E-state index contributed by atoms with van der Waals surface area (Å²) in [6, 6.07) is 22.2. The highest BCUT2D eigenvalue weighted by Gasteiger charge is 2.04. The first-order valence-electron chi connectivity index (χ1n) is 8.98. The monoisotopic (exact) mass is 418 g/mol. The van der Waals surface area contributed by atoms with Crippen LogP contribution in [0, 0.1) is 0 Å². The van der Waals surface area contributed by atoms with Gasteiger partial charge in [-0.3, -0.25) is 9.78 Å². The van der Waals surface area contributed by atoms with Crippen molar-refractivity contribution in [3.8, 4) is 0 Å². The maximum Gasteiger partial charge on any atom is 0.185 e. The van der Waals surface area contributed by atoms with Gasteiger partial charge < -0.3 is 5.32 Å². The Morgan fingerprint density at radius 1 is 0.897 bits per heavy atom. The molecule has 0 amide bonds. The lowest BCUT2D eigenvalue weighted by Crippen LogP contribution is -1.94. The van der Waals surface area contributed by atoms with Crippen molar-refractivity contribution in [3.05, 3.63) is 106 Å². The summed E-state index contributed by atoms with van der Waals surface area (Å²) in [6.07, 6.45) is 5.11. The number of pyridine rings is 1. The number of anilines is 2. The van der Waals surface area contributed by atoms with E-state index < -0.39 is 0 Å². The quantitative estimate of drug-likeness (QED) is 0.275. The smallest absolute Gasteiger partial charge is 0.185 e. The molecule has 0 atom stereocenters. The fourth-order valence-electron chi connectivity index (χ4n) is 2.99. The van der Waals surface area contributed by atoms with Gasteiger partial charge in [-0.05, 0) is 72.3 Å². The molecule has 3 aromatic carbocycles. The molecule has 3 nitrogen and oxygen atoms in total. The van der Waals surface area contributed by atoms with Crippen LogP contribution in [0.1, 0.15) is 15.9 Å². The highest BCUT2D eigenvalue weighted by atomic mass is 35.5. The third-order valence-electron chi connectivity index (χ3n) is 4.43. The molecule has 5 heteroatoms. The molecule has 142 valence electrons. The van der Waals surface area contributed by atoms with Crippen LogP contribution in [0.4, 0.5) is 11.4 Å². The summed E-state index contributed by atoms with van der Waals surface area (Å²) in [4.78, 5) is 16.7. The Hall–Kier alpha value is -3.14. The topological polar surface area (TPSA) is 42.0 Å². The molecule has 0 fully saturated rings. The molecule has 0 radical (unpaired) electrons. The Morgan fingerprint density at radius 2 is 1.69 bits per heavy atom. The lowest BCUT2D eigenvalue weighted by molar-refractivity contribution is 0.104. The van der Waals surface area contributed by atoms with E-state index >= 15 is 0 Å². The fourth-order valence-corrected chi connectivity index (χ4v) is 3.28. The molecule has 0 aliphatic carbocycles. The van der Waals surface area contributed by atoms with E-state index in [1.165, 1.54) is 0 Å². The number of carbonyl (C=O) groups excluding carboxylic acids is 1. The molecule has 29 heavy (non-hydrogen) atoms. The van der Waals surface area contributed by atoms with Gasteiger partial charge in [0.05, 0.1) is 5.52 Å². The molecule has 4 aromatic rings.